The maximum atomic E-state index is 12.4. The molecule has 1 aliphatic heterocycles. The van der Waals surface area contributed by atoms with E-state index >= 15 is 0 Å². The summed E-state index contributed by atoms with van der Waals surface area (Å²) < 4.78 is 53.0. The lowest BCUT2D eigenvalue weighted by Gasteiger charge is -2.19. The molecule has 10 nitrogen and oxygen atoms in total. The molecule has 0 fully saturated rings. The summed E-state index contributed by atoms with van der Waals surface area (Å²) in [5, 5.41) is 12.5. The Morgan fingerprint density at radius 2 is 1.96 bits per heavy atom. The zero-order valence-corrected chi connectivity index (χ0v) is 14.3. The Kier molecular flexibility index (Phi) is 3.80. The molecule has 1 aromatic heterocycles. The fourth-order valence-corrected chi connectivity index (χ4v) is 3.95. The number of anilines is 2. The van der Waals surface area contributed by atoms with Crippen molar-refractivity contribution in [3.05, 3.63) is 46.4 Å². The van der Waals surface area contributed by atoms with Crippen LogP contribution in [-0.4, -0.2) is 39.0 Å². The predicted molar refractivity (Wildman–Crippen MR) is 91.0 cm³/mol. The van der Waals surface area contributed by atoms with E-state index in [1.807, 2.05) is 0 Å². The van der Waals surface area contributed by atoms with Crippen LogP contribution in [0, 0.1) is 0 Å². The van der Waals surface area contributed by atoms with E-state index in [9.17, 15) is 26.7 Å². The Hall–Kier alpha value is -2.86. The Morgan fingerprint density at radius 3 is 2.60 bits per heavy atom. The maximum absolute atomic E-state index is 12.4. The molecule has 0 spiro atoms. The van der Waals surface area contributed by atoms with Crippen molar-refractivity contribution in [1.29, 1.82) is 0 Å². The Bertz CT molecular complexity index is 1170. The summed E-state index contributed by atoms with van der Waals surface area (Å²) in [5.74, 6) is -0.778. The minimum atomic E-state index is -4.22. The molecule has 0 unspecified atom stereocenters. The smallest absolute Gasteiger partial charge is 0.286 e. The third-order valence-corrected chi connectivity index (χ3v) is 5.13. The fraction of sp³-hybridized carbons (Fsp3) is 0.0769. The lowest BCUT2D eigenvalue weighted by Crippen LogP contribution is -2.28. The van der Waals surface area contributed by atoms with E-state index in [4.69, 9.17) is 0 Å². The van der Waals surface area contributed by atoms with Gasteiger partial charge in [0.15, 0.2) is 5.84 Å². The summed E-state index contributed by atoms with van der Waals surface area (Å²) in [4.78, 5) is 13.9. The Morgan fingerprint density at radius 1 is 1.24 bits per heavy atom. The molecule has 0 atom stereocenters. The molecule has 2 aromatic rings. The number of nitrogens with one attached hydrogen (secondary N) is 3. The Balaban J connectivity index is 2.13. The van der Waals surface area contributed by atoms with Crippen LogP contribution >= 0.6 is 0 Å². The molecule has 25 heavy (non-hydrogen) atoms. The number of aromatic nitrogens is 1. The Labute approximate surface area is 142 Å². The number of benzene rings is 1. The van der Waals surface area contributed by atoms with Crippen LogP contribution in [0.25, 0.3) is 0 Å². The average Bonchev–Trinajstić information content (AvgIpc) is 2.45. The van der Waals surface area contributed by atoms with Crippen LogP contribution in [0.15, 0.2) is 44.6 Å². The van der Waals surface area contributed by atoms with Crippen molar-refractivity contribution in [3.63, 3.8) is 0 Å². The fourth-order valence-electron chi connectivity index (χ4n) is 2.24. The van der Waals surface area contributed by atoms with Gasteiger partial charge in [0.05, 0.1) is 11.9 Å². The monoisotopic (exact) mass is 384 g/mol. The second-order valence-electron chi connectivity index (χ2n) is 5.19. The standard InChI is InChI=1S/C13H12N4O6S2/c1-24(20,21)16-7-2-3-8-10(6-7)25(22,23)17-12(15-8)11-9(18)4-5-14-13(11)19/h2-6,16H,1H3,(H,15,17)(H2,14,18,19). The van der Waals surface area contributed by atoms with E-state index in [1.54, 1.807) is 0 Å². The first-order chi connectivity index (χ1) is 11.6. The summed E-state index contributed by atoms with van der Waals surface area (Å²) in [6.07, 6.45) is 2.13. The predicted octanol–water partition coefficient (Wildman–Crippen LogP) is 0.0130. The molecular formula is C13H12N4O6S2. The molecule has 0 bridgehead atoms. The molecule has 12 heteroatoms. The second kappa shape index (κ2) is 5.60. The third kappa shape index (κ3) is 3.34. The highest BCUT2D eigenvalue weighted by Gasteiger charge is 2.28. The van der Waals surface area contributed by atoms with Gasteiger partial charge < -0.3 is 15.4 Å². The zero-order valence-electron chi connectivity index (χ0n) is 12.6. The van der Waals surface area contributed by atoms with Crippen LogP contribution in [0.2, 0.25) is 0 Å². The molecule has 1 aromatic carbocycles. The van der Waals surface area contributed by atoms with E-state index < -0.39 is 31.4 Å². The molecule has 0 saturated heterocycles. The number of aromatic hydroxyl groups is 1. The van der Waals surface area contributed by atoms with Crippen molar-refractivity contribution in [1.82, 2.24) is 4.98 Å². The number of amidine groups is 1. The SMILES string of the molecule is CS(=O)(=O)Nc1ccc2c(c1)S(=O)(=O)N=C(c1c(O)cc[nH]c1=O)N2. The largest absolute Gasteiger partial charge is 0.507 e. The van der Waals surface area contributed by atoms with Gasteiger partial charge in [-0.25, -0.2) is 8.42 Å². The summed E-state index contributed by atoms with van der Waals surface area (Å²) in [5.41, 5.74) is -0.910. The number of pyridine rings is 1. The molecule has 132 valence electrons. The number of hydrogen-bond donors (Lipinski definition) is 4. The van der Waals surface area contributed by atoms with E-state index in [2.05, 4.69) is 19.4 Å². The van der Waals surface area contributed by atoms with Gasteiger partial charge in [-0.3, -0.25) is 9.52 Å². The summed E-state index contributed by atoms with van der Waals surface area (Å²) in [6.45, 7) is 0. The average molecular weight is 384 g/mol. The van der Waals surface area contributed by atoms with Crippen LogP contribution in [0.3, 0.4) is 0 Å². The van der Waals surface area contributed by atoms with Gasteiger partial charge in [-0.15, -0.1) is 4.40 Å². The van der Waals surface area contributed by atoms with Crippen molar-refractivity contribution in [3.8, 4) is 5.75 Å². The highest BCUT2D eigenvalue weighted by molar-refractivity contribution is 7.92. The van der Waals surface area contributed by atoms with Gasteiger partial charge in [0.2, 0.25) is 10.0 Å². The van der Waals surface area contributed by atoms with Gasteiger partial charge in [-0.2, -0.15) is 8.42 Å². The lowest BCUT2D eigenvalue weighted by atomic mass is 10.2. The van der Waals surface area contributed by atoms with E-state index in [0.29, 0.717) is 0 Å². The molecule has 0 aliphatic carbocycles. The van der Waals surface area contributed by atoms with Gasteiger partial charge in [0.1, 0.15) is 16.2 Å². The van der Waals surface area contributed by atoms with Gasteiger partial charge in [0.25, 0.3) is 15.6 Å². The first kappa shape index (κ1) is 17.0. The second-order valence-corrected chi connectivity index (χ2v) is 8.51. The van der Waals surface area contributed by atoms with Crippen molar-refractivity contribution in [2.24, 2.45) is 4.40 Å². The van der Waals surface area contributed by atoms with Crippen LogP contribution in [-0.2, 0) is 20.0 Å². The molecule has 3 rings (SSSR count). The van der Waals surface area contributed by atoms with E-state index in [1.165, 1.54) is 24.4 Å². The minimum absolute atomic E-state index is 0.0469. The first-order valence-corrected chi connectivity index (χ1v) is 10.0. The number of H-pyrrole nitrogens is 1. The summed E-state index contributed by atoms with van der Waals surface area (Å²) in [6, 6.07) is 4.96. The van der Waals surface area contributed by atoms with Crippen molar-refractivity contribution < 1.29 is 21.9 Å². The van der Waals surface area contributed by atoms with E-state index in [-0.39, 0.29) is 27.7 Å². The van der Waals surface area contributed by atoms with Crippen molar-refractivity contribution >= 4 is 37.3 Å². The van der Waals surface area contributed by atoms with Gasteiger partial charge in [-0.1, -0.05) is 0 Å². The molecule has 1 aliphatic rings. The number of aromatic amines is 1. The number of hydrogen-bond acceptors (Lipinski definition) is 7. The summed E-state index contributed by atoms with van der Waals surface area (Å²) in [7, 11) is -7.81. The number of sulfonamides is 2. The summed E-state index contributed by atoms with van der Waals surface area (Å²) >= 11 is 0. The number of fused-ring (bicyclic) bond motifs is 1. The van der Waals surface area contributed by atoms with E-state index in [0.717, 1.165) is 12.3 Å². The molecule has 0 amide bonds. The van der Waals surface area contributed by atoms with Crippen LogP contribution in [0.1, 0.15) is 5.56 Å². The molecule has 0 radical (unpaired) electrons. The quantitative estimate of drug-likeness (QED) is 0.580. The number of rotatable bonds is 3. The zero-order chi connectivity index (χ0) is 18.4. The molecule has 4 N–H and O–H groups in total. The molecule has 2 heterocycles. The lowest BCUT2D eigenvalue weighted by molar-refractivity contribution is 0.472. The van der Waals surface area contributed by atoms with Gasteiger partial charge in [0, 0.05) is 11.9 Å². The van der Waals surface area contributed by atoms with Crippen molar-refractivity contribution in [2.45, 2.75) is 4.90 Å². The molecule has 0 saturated carbocycles. The topological polar surface area (TPSA) is 158 Å². The highest BCUT2D eigenvalue weighted by Crippen LogP contribution is 2.31. The number of nitrogens with zero attached hydrogens (tertiary/aromatic N) is 1. The first-order valence-electron chi connectivity index (χ1n) is 6.72. The normalized spacial score (nSPS) is 15.6. The van der Waals surface area contributed by atoms with Crippen LogP contribution < -0.4 is 15.6 Å². The van der Waals surface area contributed by atoms with Crippen molar-refractivity contribution in [2.75, 3.05) is 16.3 Å². The van der Waals surface area contributed by atoms with Gasteiger partial charge in [-0.05, 0) is 24.3 Å². The maximum Gasteiger partial charge on any atom is 0.286 e. The van der Waals surface area contributed by atoms with Crippen LogP contribution in [0.5, 0.6) is 5.75 Å². The molecular weight excluding hydrogens is 372 g/mol. The van der Waals surface area contributed by atoms with Crippen LogP contribution in [0.4, 0.5) is 11.4 Å². The minimum Gasteiger partial charge on any atom is -0.507 e. The third-order valence-electron chi connectivity index (χ3n) is 3.20. The van der Waals surface area contributed by atoms with Gasteiger partial charge >= 0.3 is 0 Å². The highest BCUT2D eigenvalue weighted by atomic mass is 32.2.